The number of halogens is 1. The number of amides is 2. The van der Waals surface area contributed by atoms with Crippen molar-refractivity contribution >= 4 is 35.0 Å². The van der Waals surface area contributed by atoms with Crippen LogP contribution in [-0.4, -0.2) is 17.6 Å². The molecular formula is C17H17FN2O2S. The molecule has 0 aliphatic rings. The van der Waals surface area contributed by atoms with Crippen LogP contribution < -0.4 is 10.6 Å². The molecule has 2 rings (SSSR count). The topological polar surface area (TPSA) is 58.2 Å². The van der Waals surface area contributed by atoms with E-state index >= 15 is 0 Å². The predicted octanol–water partition coefficient (Wildman–Crippen LogP) is 3.66. The molecule has 0 bridgehead atoms. The fourth-order valence-corrected chi connectivity index (χ4v) is 2.71. The minimum absolute atomic E-state index is 0.128. The molecule has 23 heavy (non-hydrogen) atoms. The summed E-state index contributed by atoms with van der Waals surface area (Å²) in [5.41, 5.74) is 2.23. The predicted molar refractivity (Wildman–Crippen MR) is 91.9 cm³/mol. The van der Waals surface area contributed by atoms with Gasteiger partial charge >= 0.3 is 0 Å². The summed E-state index contributed by atoms with van der Waals surface area (Å²) in [5.74, 6) is 0.373. The van der Waals surface area contributed by atoms with Crippen molar-refractivity contribution < 1.29 is 14.0 Å². The molecule has 0 unspecified atom stereocenters. The second-order valence-corrected chi connectivity index (χ2v) is 5.92. The van der Waals surface area contributed by atoms with E-state index in [0.717, 1.165) is 5.56 Å². The lowest BCUT2D eigenvalue weighted by molar-refractivity contribution is -0.114. The van der Waals surface area contributed by atoms with Crippen molar-refractivity contribution in [1.29, 1.82) is 0 Å². The van der Waals surface area contributed by atoms with E-state index in [0.29, 0.717) is 22.9 Å². The number of benzene rings is 2. The summed E-state index contributed by atoms with van der Waals surface area (Å²) in [4.78, 5) is 22.9. The first-order chi connectivity index (χ1) is 11.0. The number of anilines is 2. The van der Waals surface area contributed by atoms with Crippen molar-refractivity contribution in [1.82, 2.24) is 0 Å². The molecule has 0 heterocycles. The summed E-state index contributed by atoms with van der Waals surface area (Å²) in [7, 11) is 0. The molecule has 0 atom stereocenters. The van der Waals surface area contributed by atoms with Crippen molar-refractivity contribution in [3.05, 3.63) is 59.9 Å². The summed E-state index contributed by atoms with van der Waals surface area (Å²) in [5, 5.41) is 5.44. The molecule has 2 aromatic carbocycles. The first kappa shape index (κ1) is 17.0. The number of hydrogen-bond acceptors (Lipinski definition) is 3. The Bertz CT molecular complexity index is 689. The Kier molecular flexibility index (Phi) is 6.17. The summed E-state index contributed by atoms with van der Waals surface area (Å²) < 4.78 is 12.8. The Balaban J connectivity index is 1.80. The van der Waals surface area contributed by atoms with Gasteiger partial charge in [-0.05, 0) is 35.9 Å². The van der Waals surface area contributed by atoms with E-state index in [-0.39, 0.29) is 17.6 Å². The molecule has 0 saturated carbocycles. The van der Waals surface area contributed by atoms with E-state index in [4.69, 9.17) is 0 Å². The Hall–Kier alpha value is -2.34. The Labute approximate surface area is 138 Å². The first-order valence-corrected chi connectivity index (χ1v) is 8.18. The summed E-state index contributed by atoms with van der Waals surface area (Å²) in [6.45, 7) is 1.43. The maximum Gasteiger partial charge on any atom is 0.234 e. The van der Waals surface area contributed by atoms with Gasteiger partial charge in [0.25, 0.3) is 0 Å². The third kappa shape index (κ3) is 6.12. The zero-order chi connectivity index (χ0) is 16.7. The van der Waals surface area contributed by atoms with E-state index in [2.05, 4.69) is 10.6 Å². The van der Waals surface area contributed by atoms with Gasteiger partial charge in [-0.15, -0.1) is 11.8 Å². The van der Waals surface area contributed by atoms with Crippen LogP contribution in [0.2, 0.25) is 0 Å². The van der Waals surface area contributed by atoms with Crippen molar-refractivity contribution in [2.24, 2.45) is 0 Å². The number of rotatable bonds is 6. The second-order valence-electron chi connectivity index (χ2n) is 4.93. The van der Waals surface area contributed by atoms with Crippen molar-refractivity contribution in [3.63, 3.8) is 0 Å². The monoisotopic (exact) mass is 332 g/mol. The summed E-state index contributed by atoms with van der Waals surface area (Å²) in [6, 6.07) is 13.2. The number of thioether (sulfide) groups is 1. The molecule has 2 N–H and O–H groups in total. The van der Waals surface area contributed by atoms with Gasteiger partial charge in [0, 0.05) is 24.1 Å². The van der Waals surface area contributed by atoms with E-state index in [1.807, 2.05) is 0 Å². The van der Waals surface area contributed by atoms with Gasteiger partial charge in [0.05, 0.1) is 5.75 Å². The van der Waals surface area contributed by atoms with Gasteiger partial charge in [-0.25, -0.2) is 4.39 Å². The van der Waals surface area contributed by atoms with Crippen LogP contribution in [0.4, 0.5) is 15.8 Å². The van der Waals surface area contributed by atoms with Gasteiger partial charge in [0.2, 0.25) is 11.8 Å². The number of carbonyl (C=O) groups is 2. The molecule has 0 spiro atoms. The SMILES string of the molecule is CC(=O)Nc1cccc(NC(=O)CSCc2ccc(F)cc2)c1. The molecule has 0 aromatic heterocycles. The molecule has 0 fully saturated rings. The molecule has 0 saturated heterocycles. The number of hydrogen-bond donors (Lipinski definition) is 2. The second kappa shape index (κ2) is 8.33. The van der Waals surface area contributed by atoms with Crippen molar-refractivity contribution in [3.8, 4) is 0 Å². The molecule has 120 valence electrons. The van der Waals surface area contributed by atoms with Crippen molar-refractivity contribution in [2.75, 3.05) is 16.4 Å². The highest BCUT2D eigenvalue weighted by Gasteiger charge is 2.04. The molecular weight excluding hydrogens is 315 g/mol. The lowest BCUT2D eigenvalue weighted by Gasteiger charge is -2.08. The van der Waals surface area contributed by atoms with E-state index < -0.39 is 0 Å². The Morgan fingerprint density at radius 2 is 1.70 bits per heavy atom. The fourth-order valence-electron chi connectivity index (χ4n) is 1.92. The van der Waals surface area contributed by atoms with Crippen molar-refractivity contribution in [2.45, 2.75) is 12.7 Å². The van der Waals surface area contributed by atoms with Crippen LogP contribution in [0.5, 0.6) is 0 Å². The average molecular weight is 332 g/mol. The van der Waals surface area contributed by atoms with Crippen LogP contribution in [-0.2, 0) is 15.3 Å². The van der Waals surface area contributed by atoms with Gasteiger partial charge in [-0.2, -0.15) is 0 Å². The van der Waals surface area contributed by atoms with Gasteiger partial charge in [0.15, 0.2) is 0 Å². The molecule has 6 heteroatoms. The summed E-state index contributed by atoms with van der Waals surface area (Å²) in [6.07, 6.45) is 0. The van der Waals surface area contributed by atoms with E-state index in [1.54, 1.807) is 36.4 Å². The number of nitrogens with one attached hydrogen (secondary N) is 2. The third-order valence-electron chi connectivity index (χ3n) is 2.88. The van der Waals surface area contributed by atoms with Gasteiger partial charge < -0.3 is 10.6 Å². The Morgan fingerprint density at radius 1 is 1.04 bits per heavy atom. The van der Waals surface area contributed by atoms with Crippen LogP contribution in [0.1, 0.15) is 12.5 Å². The first-order valence-electron chi connectivity index (χ1n) is 7.02. The standard InChI is InChI=1S/C17H17FN2O2S/c1-12(21)19-15-3-2-4-16(9-15)20-17(22)11-23-10-13-5-7-14(18)8-6-13/h2-9H,10-11H2,1H3,(H,19,21)(H,20,22). The van der Waals surface area contributed by atoms with Crippen LogP contribution >= 0.6 is 11.8 Å². The lowest BCUT2D eigenvalue weighted by atomic mass is 10.2. The van der Waals surface area contributed by atoms with Crippen LogP contribution in [0.25, 0.3) is 0 Å². The third-order valence-corrected chi connectivity index (χ3v) is 3.89. The van der Waals surface area contributed by atoms with Crippen LogP contribution in [0, 0.1) is 5.82 Å². The zero-order valence-corrected chi connectivity index (χ0v) is 13.5. The zero-order valence-electron chi connectivity index (χ0n) is 12.6. The highest BCUT2D eigenvalue weighted by atomic mass is 32.2. The van der Waals surface area contributed by atoms with E-state index in [9.17, 15) is 14.0 Å². The normalized spacial score (nSPS) is 10.2. The number of carbonyl (C=O) groups excluding carboxylic acids is 2. The largest absolute Gasteiger partial charge is 0.326 e. The molecule has 0 aliphatic heterocycles. The molecule has 0 aliphatic carbocycles. The highest BCUT2D eigenvalue weighted by Crippen LogP contribution is 2.17. The molecule has 2 aromatic rings. The molecule has 2 amide bonds. The van der Waals surface area contributed by atoms with Gasteiger partial charge in [-0.1, -0.05) is 18.2 Å². The highest BCUT2D eigenvalue weighted by molar-refractivity contribution is 7.99. The van der Waals surface area contributed by atoms with Crippen LogP contribution in [0.3, 0.4) is 0 Å². The van der Waals surface area contributed by atoms with Gasteiger partial charge in [-0.3, -0.25) is 9.59 Å². The van der Waals surface area contributed by atoms with Gasteiger partial charge in [0.1, 0.15) is 5.82 Å². The summed E-state index contributed by atoms with van der Waals surface area (Å²) >= 11 is 1.45. The lowest BCUT2D eigenvalue weighted by Crippen LogP contribution is -2.14. The molecule has 0 radical (unpaired) electrons. The maximum atomic E-state index is 12.8. The van der Waals surface area contributed by atoms with E-state index in [1.165, 1.54) is 30.8 Å². The Morgan fingerprint density at radius 3 is 2.35 bits per heavy atom. The maximum absolute atomic E-state index is 12.8. The average Bonchev–Trinajstić information content (AvgIpc) is 2.49. The minimum atomic E-state index is -0.268. The fraction of sp³-hybridized carbons (Fsp3) is 0.176. The minimum Gasteiger partial charge on any atom is -0.326 e. The smallest absolute Gasteiger partial charge is 0.234 e. The molecule has 4 nitrogen and oxygen atoms in total. The quantitative estimate of drug-likeness (QED) is 0.849. The van der Waals surface area contributed by atoms with Crippen LogP contribution in [0.15, 0.2) is 48.5 Å².